The molecule has 0 heterocycles. The molecule has 0 aliphatic carbocycles. The summed E-state index contributed by atoms with van der Waals surface area (Å²) in [6, 6.07) is -0.934. The summed E-state index contributed by atoms with van der Waals surface area (Å²) in [6.45, 7) is -0.261. The van der Waals surface area contributed by atoms with Crippen LogP contribution < -0.4 is 0 Å². The minimum Gasteiger partial charge on any atom is -0.480 e. The molecule has 5 heteroatoms. The Morgan fingerprint density at radius 1 is 1.82 bits per heavy atom. The van der Waals surface area contributed by atoms with Gasteiger partial charge in [0.2, 0.25) is 0 Å². The lowest BCUT2D eigenvalue weighted by Crippen LogP contribution is -2.37. The molecular weight excluding hydrogens is 165 g/mol. The maximum Gasteiger partial charge on any atom is 0.323 e. The van der Waals surface area contributed by atoms with Crippen molar-refractivity contribution in [1.29, 1.82) is 0 Å². The number of carboxylic acid groups (broad SMARTS) is 1. The van der Waals surface area contributed by atoms with Crippen LogP contribution in [0.4, 0.5) is 0 Å². The smallest absolute Gasteiger partial charge is 0.323 e. The molecule has 0 radical (unpaired) electrons. The largest absolute Gasteiger partial charge is 0.480 e. The van der Waals surface area contributed by atoms with Crippen LogP contribution in [0.5, 0.6) is 0 Å². The number of aliphatic carboxylic acids is 1. The van der Waals surface area contributed by atoms with Crippen LogP contribution >= 0.6 is 9.39 Å². The monoisotopic (exact) mass is 175 g/mol. The molecule has 4 nitrogen and oxygen atoms in total. The van der Waals surface area contributed by atoms with E-state index < -0.39 is 18.6 Å². The van der Waals surface area contributed by atoms with Crippen molar-refractivity contribution in [1.82, 2.24) is 4.67 Å². The Hall–Kier alpha value is -0.620. The van der Waals surface area contributed by atoms with Gasteiger partial charge in [0.15, 0.2) is 0 Å². The number of aliphatic hydroxyl groups excluding tert-OH is 1. The molecule has 2 unspecified atom stereocenters. The molecule has 2 atom stereocenters. The second-order valence-corrected chi connectivity index (χ2v) is 2.58. The van der Waals surface area contributed by atoms with E-state index >= 15 is 0 Å². The van der Waals surface area contributed by atoms with Gasteiger partial charge in [-0.3, -0.25) is 9.46 Å². The Morgan fingerprint density at radius 3 is 2.64 bits per heavy atom. The fraction of sp³-hybridized carbons (Fsp3) is 0.500. The van der Waals surface area contributed by atoms with Crippen LogP contribution in [0, 0.1) is 12.3 Å². The number of carbonyl (C=O) groups is 1. The maximum absolute atomic E-state index is 10.4. The van der Waals surface area contributed by atoms with E-state index in [-0.39, 0.29) is 6.54 Å². The van der Waals surface area contributed by atoms with Gasteiger partial charge in [0.25, 0.3) is 0 Å². The van der Waals surface area contributed by atoms with Crippen molar-refractivity contribution in [2.24, 2.45) is 0 Å². The number of nitrogens with zero attached hydrogens (tertiary/aromatic N) is 1. The molecule has 0 aromatic carbocycles. The Kier molecular flexibility index (Phi) is 4.80. The summed E-state index contributed by atoms with van der Waals surface area (Å²) < 4.78 is 1.31. The average Bonchev–Trinajstić information content (AvgIpc) is 1.88. The zero-order valence-corrected chi connectivity index (χ0v) is 7.05. The molecular formula is C6H10NO3P. The summed E-state index contributed by atoms with van der Waals surface area (Å²) in [5.41, 5.74) is 0. The highest BCUT2D eigenvalue weighted by Gasteiger charge is 2.20. The quantitative estimate of drug-likeness (QED) is 0.432. The van der Waals surface area contributed by atoms with Crippen LogP contribution in [-0.4, -0.2) is 40.0 Å². The Bertz CT molecular complexity index is 177. The van der Waals surface area contributed by atoms with Crippen molar-refractivity contribution in [2.45, 2.75) is 6.04 Å². The Morgan fingerprint density at radius 2 is 2.36 bits per heavy atom. The van der Waals surface area contributed by atoms with Gasteiger partial charge in [0.1, 0.15) is 6.04 Å². The van der Waals surface area contributed by atoms with E-state index in [4.69, 9.17) is 16.6 Å². The summed E-state index contributed by atoms with van der Waals surface area (Å²) >= 11 is 0. The van der Waals surface area contributed by atoms with Crippen LogP contribution in [0.1, 0.15) is 0 Å². The van der Waals surface area contributed by atoms with Crippen LogP contribution in [0.25, 0.3) is 0 Å². The second kappa shape index (κ2) is 5.09. The van der Waals surface area contributed by atoms with E-state index in [1.54, 1.807) is 0 Å². The molecule has 0 rings (SSSR count). The number of hydrogen-bond donors (Lipinski definition) is 2. The van der Waals surface area contributed by atoms with Crippen LogP contribution in [0.2, 0.25) is 0 Å². The van der Waals surface area contributed by atoms with Crippen molar-refractivity contribution >= 4 is 15.4 Å². The maximum atomic E-state index is 10.4. The van der Waals surface area contributed by atoms with Gasteiger partial charge in [-0.1, -0.05) is 15.3 Å². The average molecular weight is 175 g/mol. The van der Waals surface area contributed by atoms with Gasteiger partial charge < -0.3 is 10.2 Å². The molecule has 0 spiro atoms. The molecule has 0 aliphatic heterocycles. The zero-order valence-electron chi connectivity index (χ0n) is 5.90. The predicted molar refractivity (Wildman–Crippen MR) is 43.8 cm³/mol. The lowest BCUT2D eigenvalue weighted by Gasteiger charge is -2.19. The molecule has 2 N–H and O–H groups in total. The Balaban J connectivity index is 4.04. The van der Waals surface area contributed by atoms with Gasteiger partial charge in [-0.25, -0.2) is 0 Å². The molecule has 0 aromatic rings. The zero-order chi connectivity index (χ0) is 8.85. The molecule has 62 valence electrons. The summed E-state index contributed by atoms with van der Waals surface area (Å²) in [5.74, 6) is 1.18. The standard InChI is InChI=1S/C6H10NO3P/c1-2-3-7(11)5(4-8)6(9)10/h1,5,8H,3-4,11H2,(H,9,10). The van der Waals surface area contributed by atoms with Gasteiger partial charge in [-0.15, -0.1) is 6.42 Å². The molecule has 0 aromatic heterocycles. The minimum absolute atomic E-state index is 0.183. The first-order valence-electron chi connectivity index (χ1n) is 2.92. The lowest BCUT2D eigenvalue weighted by atomic mass is 10.3. The van der Waals surface area contributed by atoms with Gasteiger partial charge >= 0.3 is 5.97 Å². The van der Waals surface area contributed by atoms with Crippen LogP contribution in [-0.2, 0) is 4.79 Å². The highest BCUT2D eigenvalue weighted by Crippen LogP contribution is 2.04. The SMILES string of the molecule is C#CCN(P)C(CO)C(=O)O. The molecule has 0 amide bonds. The number of terminal acetylenes is 1. The summed E-state index contributed by atoms with van der Waals surface area (Å²) in [5, 5.41) is 17.1. The second-order valence-electron chi connectivity index (χ2n) is 1.91. The third kappa shape index (κ3) is 3.33. The summed E-state index contributed by atoms with van der Waals surface area (Å²) in [6.07, 6.45) is 4.94. The third-order valence-corrected chi connectivity index (χ3v) is 1.67. The van der Waals surface area contributed by atoms with Gasteiger partial charge in [-0.2, -0.15) is 0 Å². The Labute approximate surface area is 67.5 Å². The first-order chi connectivity index (χ1) is 5.13. The molecule has 0 saturated carbocycles. The van der Waals surface area contributed by atoms with Crippen LogP contribution in [0.15, 0.2) is 0 Å². The van der Waals surface area contributed by atoms with Crippen molar-refractivity contribution in [3.63, 3.8) is 0 Å². The fourth-order valence-corrected chi connectivity index (χ4v) is 0.868. The van der Waals surface area contributed by atoms with Crippen LogP contribution in [0.3, 0.4) is 0 Å². The topological polar surface area (TPSA) is 60.8 Å². The predicted octanol–water partition coefficient (Wildman–Crippen LogP) is -0.843. The number of rotatable bonds is 4. The van der Waals surface area contributed by atoms with Gasteiger partial charge in [0.05, 0.1) is 13.2 Å². The van der Waals surface area contributed by atoms with E-state index in [2.05, 4.69) is 15.3 Å². The van der Waals surface area contributed by atoms with Crippen molar-refractivity contribution in [2.75, 3.05) is 13.2 Å². The van der Waals surface area contributed by atoms with Gasteiger partial charge in [0, 0.05) is 0 Å². The minimum atomic E-state index is -1.09. The van der Waals surface area contributed by atoms with Crippen molar-refractivity contribution in [3.05, 3.63) is 0 Å². The van der Waals surface area contributed by atoms with Crippen molar-refractivity contribution in [3.8, 4) is 12.3 Å². The summed E-state index contributed by atoms with van der Waals surface area (Å²) in [7, 11) is 2.16. The fourth-order valence-electron chi connectivity index (χ4n) is 0.540. The highest BCUT2D eigenvalue weighted by molar-refractivity contribution is 7.13. The molecule has 11 heavy (non-hydrogen) atoms. The highest BCUT2D eigenvalue weighted by atomic mass is 31.0. The first-order valence-corrected chi connectivity index (χ1v) is 3.43. The number of aliphatic hydroxyl groups is 1. The normalized spacial score (nSPS) is 12.5. The number of carboxylic acids is 1. The first kappa shape index (κ1) is 10.4. The molecule has 0 fully saturated rings. The van der Waals surface area contributed by atoms with Gasteiger partial charge in [-0.05, 0) is 0 Å². The lowest BCUT2D eigenvalue weighted by molar-refractivity contribution is -0.142. The molecule has 0 saturated heterocycles. The van der Waals surface area contributed by atoms with E-state index in [0.717, 1.165) is 0 Å². The summed E-state index contributed by atoms with van der Waals surface area (Å²) in [4.78, 5) is 10.4. The van der Waals surface area contributed by atoms with E-state index in [0.29, 0.717) is 0 Å². The molecule has 0 aliphatic rings. The van der Waals surface area contributed by atoms with E-state index in [1.807, 2.05) is 0 Å². The third-order valence-electron chi connectivity index (χ3n) is 1.13. The van der Waals surface area contributed by atoms with E-state index in [9.17, 15) is 4.79 Å². The van der Waals surface area contributed by atoms with Crippen molar-refractivity contribution < 1.29 is 15.0 Å². The van der Waals surface area contributed by atoms with E-state index in [1.165, 1.54) is 4.67 Å². The number of hydrogen-bond acceptors (Lipinski definition) is 3. The molecule has 0 bridgehead atoms.